The van der Waals surface area contributed by atoms with E-state index in [0.29, 0.717) is 6.04 Å². The Balaban J connectivity index is 1.59. The average molecular weight is 250 g/mol. The summed E-state index contributed by atoms with van der Waals surface area (Å²) >= 11 is 0. The lowest BCUT2D eigenvalue weighted by atomic mass is 9.78. The smallest absolute Gasteiger partial charge is 0.00955 e. The molecule has 3 aliphatic rings. The topological polar surface area (TPSA) is 29.3 Å². The van der Waals surface area contributed by atoms with Crippen molar-refractivity contribution in [2.75, 3.05) is 13.1 Å². The van der Waals surface area contributed by atoms with Crippen molar-refractivity contribution < 1.29 is 0 Å². The largest absolute Gasteiger partial charge is 0.327 e. The summed E-state index contributed by atoms with van der Waals surface area (Å²) in [7, 11) is 0. The second-order valence-electron chi connectivity index (χ2n) is 6.97. The van der Waals surface area contributed by atoms with Gasteiger partial charge >= 0.3 is 0 Å². The number of hydrogen-bond acceptors (Lipinski definition) is 2. The molecule has 18 heavy (non-hydrogen) atoms. The van der Waals surface area contributed by atoms with Gasteiger partial charge in [-0.05, 0) is 37.5 Å². The molecular formula is C16H30N2. The first-order chi connectivity index (χ1) is 8.84. The van der Waals surface area contributed by atoms with Crippen LogP contribution >= 0.6 is 0 Å². The van der Waals surface area contributed by atoms with Crippen LogP contribution in [-0.2, 0) is 0 Å². The fourth-order valence-electron chi connectivity index (χ4n) is 4.65. The number of hydrogen-bond donors (Lipinski definition) is 1. The lowest BCUT2D eigenvalue weighted by molar-refractivity contribution is 0.192. The van der Waals surface area contributed by atoms with E-state index in [-0.39, 0.29) is 0 Å². The quantitative estimate of drug-likeness (QED) is 0.774. The Morgan fingerprint density at radius 1 is 0.722 bits per heavy atom. The molecule has 0 radical (unpaired) electrons. The zero-order chi connectivity index (χ0) is 12.4. The van der Waals surface area contributed by atoms with Crippen LogP contribution in [0.1, 0.15) is 64.2 Å². The van der Waals surface area contributed by atoms with Crippen LogP contribution in [0.5, 0.6) is 0 Å². The minimum atomic E-state index is 0.502. The molecule has 0 spiro atoms. The van der Waals surface area contributed by atoms with E-state index >= 15 is 0 Å². The molecule has 2 heteroatoms. The van der Waals surface area contributed by atoms with E-state index in [0.717, 1.165) is 17.9 Å². The van der Waals surface area contributed by atoms with Crippen molar-refractivity contribution in [1.29, 1.82) is 0 Å². The van der Waals surface area contributed by atoms with Gasteiger partial charge in [-0.1, -0.05) is 38.5 Å². The van der Waals surface area contributed by atoms with Gasteiger partial charge in [0, 0.05) is 25.2 Å². The Hall–Kier alpha value is -0.0800. The minimum Gasteiger partial charge on any atom is -0.327 e. The Morgan fingerprint density at radius 2 is 1.44 bits per heavy atom. The van der Waals surface area contributed by atoms with Crippen molar-refractivity contribution in [3.05, 3.63) is 0 Å². The van der Waals surface area contributed by atoms with Crippen LogP contribution in [0.2, 0.25) is 0 Å². The first-order valence-corrected chi connectivity index (χ1v) is 8.34. The Bertz CT molecular complexity index is 258. The molecular weight excluding hydrogens is 220 g/mol. The summed E-state index contributed by atoms with van der Waals surface area (Å²) in [4.78, 5) is 2.83. The predicted octanol–water partition coefficient (Wildman–Crippen LogP) is 3.16. The summed E-state index contributed by atoms with van der Waals surface area (Å²) < 4.78 is 0. The maximum Gasteiger partial charge on any atom is 0.00955 e. The maximum absolute atomic E-state index is 6.34. The summed E-state index contributed by atoms with van der Waals surface area (Å²) in [5, 5.41) is 0. The molecule has 3 unspecified atom stereocenters. The van der Waals surface area contributed by atoms with Crippen molar-refractivity contribution in [2.45, 2.75) is 76.3 Å². The zero-order valence-corrected chi connectivity index (χ0v) is 11.8. The minimum absolute atomic E-state index is 0.502. The SMILES string of the molecule is NC1CCCC2CN(C3CCCCCCC3)CC12. The second kappa shape index (κ2) is 5.92. The van der Waals surface area contributed by atoms with Crippen LogP contribution in [0.3, 0.4) is 0 Å². The predicted molar refractivity (Wildman–Crippen MR) is 76.5 cm³/mol. The monoisotopic (exact) mass is 250 g/mol. The van der Waals surface area contributed by atoms with Crippen molar-refractivity contribution in [3.8, 4) is 0 Å². The lowest BCUT2D eigenvalue weighted by Gasteiger charge is -2.30. The van der Waals surface area contributed by atoms with Gasteiger partial charge in [0.2, 0.25) is 0 Å². The average Bonchev–Trinajstić information content (AvgIpc) is 2.73. The molecule has 0 aromatic rings. The fraction of sp³-hybridized carbons (Fsp3) is 1.00. The molecule has 104 valence electrons. The van der Waals surface area contributed by atoms with E-state index in [1.165, 1.54) is 77.3 Å². The lowest BCUT2D eigenvalue weighted by Crippen LogP contribution is -2.39. The molecule has 1 saturated heterocycles. The Labute approximate surface area is 112 Å². The van der Waals surface area contributed by atoms with Gasteiger partial charge in [-0.25, -0.2) is 0 Å². The van der Waals surface area contributed by atoms with E-state index in [1.54, 1.807) is 0 Å². The number of rotatable bonds is 1. The van der Waals surface area contributed by atoms with Crippen LogP contribution in [0.25, 0.3) is 0 Å². The van der Waals surface area contributed by atoms with Crippen LogP contribution in [-0.4, -0.2) is 30.1 Å². The van der Waals surface area contributed by atoms with E-state index in [1.807, 2.05) is 0 Å². The highest BCUT2D eigenvalue weighted by Gasteiger charge is 2.40. The van der Waals surface area contributed by atoms with Gasteiger partial charge in [-0.3, -0.25) is 4.90 Å². The molecule has 0 amide bonds. The number of fused-ring (bicyclic) bond motifs is 1. The van der Waals surface area contributed by atoms with Gasteiger partial charge in [0.25, 0.3) is 0 Å². The van der Waals surface area contributed by atoms with Gasteiger partial charge < -0.3 is 5.73 Å². The Morgan fingerprint density at radius 3 is 2.17 bits per heavy atom. The summed E-state index contributed by atoms with van der Waals surface area (Å²) in [6.07, 6.45) is 14.3. The van der Waals surface area contributed by atoms with E-state index < -0.39 is 0 Å². The highest BCUT2D eigenvalue weighted by molar-refractivity contribution is 4.95. The van der Waals surface area contributed by atoms with Gasteiger partial charge in [-0.15, -0.1) is 0 Å². The molecule has 2 nitrogen and oxygen atoms in total. The highest BCUT2D eigenvalue weighted by atomic mass is 15.2. The molecule has 1 aliphatic heterocycles. The molecule has 3 fully saturated rings. The van der Waals surface area contributed by atoms with Gasteiger partial charge in [0.05, 0.1) is 0 Å². The third-order valence-electron chi connectivity index (χ3n) is 5.77. The number of nitrogens with two attached hydrogens (primary N) is 1. The molecule has 2 saturated carbocycles. The molecule has 1 heterocycles. The van der Waals surface area contributed by atoms with Crippen molar-refractivity contribution in [3.63, 3.8) is 0 Å². The molecule has 3 atom stereocenters. The third-order valence-corrected chi connectivity index (χ3v) is 5.77. The fourth-order valence-corrected chi connectivity index (χ4v) is 4.65. The molecule has 0 bridgehead atoms. The molecule has 2 aliphatic carbocycles. The summed E-state index contributed by atoms with van der Waals surface area (Å²) in [6, 6.07) is 1.39. The van der Waals surface area contributed by atoms with Crippen LogP contribution in [0.4, 0.5) is 0 Å². The maximum atomic E-state index is 6.34. The highest BCUT2D eigenvalue weighted by Crippen LogP contribution is 2.37. The first kappa shape index (κ1) is 12.9. The number of likely N-dealkylation sites (tertiary alicyclic amines) is 1. The van der Waals surface area contributed by atoms with E-state index in [4.69, 9.17) is 5.73 Å². The van der Waals surface area contributed by atoms with E-state index in [2.05, 4.69) is 4.90 Å². The second-order valence-corrected chi connectivity index (χ2v) is 6.97. The normalized spacial score (nSPS) is 40.2. The summed E-state index contributed by atoms with van der Waals surface area (Å²) in [5.74, 6) is 1.75. The van der Waals surface area contributed by atoms with Crippen molar-refractivity contribution >= 4 is 0 Å². The molecule has 3 rings (SSSR count). The van der Waals surface area contributed by atoms with Gasteiger partial charge in [0.1, 0.15) is 0 Å². The first-order valence-electron chi connectivity index (χ1n) is 8.34. The Kier molecular flexibility index (Phi) is 4.25. The van der Waals surface area contributed by atoms with Crippen LogP contribution in [0.15, 0.2) is 0 Å². The van der Waals surface area contributed by atoms with Gasteiger partial charge in [0.15, 0.2) is 0 Å². The van der Waals surface area contributed by atoms with Crippen LogP contribution in [0, 0.1) is 11.8 Å². The van der Waals surface area contributed by atoms with Crippen molar-refractivity contribution in [1.82, 2.24) is 4.90 Å². The third kappa shape index (κ3) is 2.75. The number of nitrogens with zero attached hydrogens (tertiary/aromatic N) is 1. The molecule has 0 aromatic heterocycles. The summed E-state index contributed by atoms with van der Waals surface area (Å²) in [6.45, 7) is 2.68. The standard InChI is InChI=1S/C16H30N2/c17-16-10-6-7-13-11-18(12-15(13)16)14-8-4-2-1-3-5-9-14/h13-16H,1-12,17H2. The molecule has 2 N–H and O–H groups in total. The zero-order valence-electron chi connectivity index (χ0n) is 11.8. The van der Waals surface area contributed by atoms with Crippen LogP contribution < -0.4 is 5.73 Å². The molecule has 0 aromatic carbocycles. The van der Waals surface area contributed by atoms with Gasteiger partial charge in [-0.2, -0.15) is 0 Å². The van der Waals surface area contributed by atoms with E-state index in [9.17, 15) is 0 Å². The summed E-state index contributed by atoms with van der Waals surface area (Å²) in [5.41, 5.74) is 6.34. The van der Waals surface area contributed by atoms with Crippen molar-refractivity contribution in [2.24, 2.45) is 17.6 Å².